The van der Waals surface area contributed by atoms with Crippen LogP contribution in [0.25, 0.3) is 5.69 Å². The molecule has 0 aliphatic carbocycles. The Bertz CT molecular complexity index is 938. The van der Waals surface area contributed by atoms with Gasteiger partial charge in [0.1, 0.15) is 5.75 Å². The van der Waals surface area contributed by atoms with Crippen LogP contribution in [0.1, 0.15) is 17.5 Å². The van der Waals surface area contributed by atoms with Crippen molar-refractivity contribution >= 4 is 11.8 Å². The van der Waals surface area contributed by atoms with Crippen molar-refractivity contribution in [2.45, 2.75) is 19.8 Å². The van der Waals surface area contributed by atoms with Gasteiger partial charge in [-0.2, -0.15) is 5.10 Å². The van der Waals surface area contributed by atoms with Crippen molar-refractivity contribution < 1.29 is 14.3 Å². The summed E-state index contributed by atoms with van der Waals surface area (Å²) < 4.78 is 7.14. The summed E-state index contributed by atoms with van der Waals surface area (Å²) in [5.41, 5.74) is 7.68. The molecule has 2 aromatic carbocycles. The fraction of sp³-hybridized carbons (Fsp3) is 0.190. The van der Waals surface area contributed by atoms with E-state index < -0.39 is 5.91 Å². The van der Waals surface area contributed by atoms with Crippen molar-refractivity contribution in [2.24, 2.45) is 0 Å². The first-order valence-corrected chi connectivity index (χ1v) is 8.96. The smallest absolute Gasteiger partial charge is 0.276 e. The molecule has 144 valence electrons. The number of aromatic nitrogens is 2. The molecule has 28 heavy (non-hydrogen) atoms. The van der Waals surface area contributed by atoms with E-state index in [4.69, 9.17) is 4.74 Å². The second-order valence-electron chi connectivity index (χ2n) is 6.33. The maximum absolute atomic E-state index is 11.9. The third-order valence-corrected chi connectivity index (χ3v) is 4.00. The highest BCUT2D eigenvalue weighted by molar-refractivity contribution is 5.82. The van der Waals surface area contributed by atoms with Crippen molar-refractivity contribution in [1.82, 2.24) is 20.6 Å². The number of aryl methyl sites for hydroxylation is 2. The van der Waals surface area contributed by atoms with E-state index in [0.717, 1.165) is 16.8 Å². The van der Waals surface area contributed by atoms with E-state index in [1.165, 1.54) is 0 Å². The first kappa shape index (κ1) is 19.2. The van der Waals surface area contributed by atoms with Crippen LogP contribution in [0.4, 0.5) is 0 Å². The van der Waals surface area contributed by atoms with Gasteiger partial charge in [-0.3, -0.25) is 20.4 Å². The third-order valence-electron chi connectivity index (χ3n) is 4.00. The lowest BCUT2D eigenvalue weighted by Crippen LogP contribution is -2.43. The van der Waals surface area contributed by atoms with Gasteiger partial charge in [-0.25, -0.2) is 4.68 Å². The van der Waals surface area contributed by atoms with Gasteiger partial charge < -0.3 is 4.74 Å². The molecule has 0 aliphatic heterocycles. The Morgan fingerprint density at radius 3 is 2.61 bits per heavy atom. The third kappa shape index (κ3) is 5.70. The molecule has 7 heteroatoms. The van der Waals surface area contributed by atoms with Crippen LogP contribution in [0.15, 0.2) is 67.0 Å². The first-order valence-electron chi connectivity index (χ1n) is 8.96. The summed E-state index contributed by atoms with van der Waals surface area (Å²) in [5, 5.41) is 4.30. The second-order valence-corrected chi connectivity index (χ2v) is 6.33. The quantitative estimate of drug-likeness (QED) is 0.618. The summed E-state index contributed by atoms with van der Waals surface area (Å²) in [6.45, 7) is 1.77. The van der Waals surface area contributed by atoms with Crippen molar-refractivity contribution in [3.05, 3.63) is 78.1 Å². The maximum Gasteiger partial charge on any atom is 0.276 e. The molecular weight excluding hydrogens is 356 g/mol. The number of amides is 2. The minimum absolute atomic E-state index is 0.173. The Morgan fingerprint density at radius 1 is 1.04 bits per heavy atom. The molecule has 2 amide bonds. The number of carbonyl (C=O) groups excluding carboxylic acids is 2. The van der Waals surface area contributed by atoms with Gasteiger partial charge in [0.25, 0.3) is 5.91 Å². The monoisotopic (exact) mass is 378 g/mol. The molecule has 0 saturated carbocycles. The molecule has 0 saturated heterocycles. The van der Waals surface area contributed by atoms with Crippen LogP contribution < -0.4 is 15.6 Å². The molecule has 3 aromatic rings. The Morgan fingerprint density at radius 2 is 1.82 bits per heavy atom. The van der Waals surface area contributed by atoms with Gasteiger partial charge in [0, 0.05) is 12.6 Å². The van der Waals surface area contributed by atoms with Crippen LogP contribution in [0, 0.1) is 6.92 Å². The average molecular weight is 378 g/mol. The van der Waals surface area contributed by atoms with Crippen molar-refractivity contribution in [1.29, 1.82) is 0 Å². The molecule has 0 fully saturated rings. The Labute approximate surface area is 163 Å². The van der Waals surface area contributed by atoms with Crippen LogP contribution in [-0.2, 0) is 16.0 Å². The van der Waals surface area contributed by atoms with E-state index in [1.54, 1.807) is 16.9 Å². The van der Waals surface area contributed by atoms with Gasteiger partial charge in [0.05, 0.1) is 11.9 Å². The molecule has 3 rings (SSSR count). The zero-order chi connectivity index (χ0) is 19.8. The molecule has 0 spiro atoms. The summed E-state index contributed by atoms with van der Waals surface area (Å²) in [5.74, 6) is -0.0972. The summed E-state index contributed by atoms with van der Waals surface area (Å²) in [7, 11) is 0. The van der Waals surface area contributed by atoms with E-state index in [-0.39, 0.29) is 18.9 Å². The lowest BCUT2D eigenvalue weighted by molar-refractivity contribution is -0.130. The summed E-state index contributed by atoms with van der Waals surface area (Å²) in [6.07, 6.45) is 4.37. The molecule has 7 nitrogen and oxygen atoms in total. The van der Waals surface area contributed by atoms with Gasteiger partial charge in [0.2, 0.25) is 5.91 Å². The van der Waals surface area contributed by atoms with E-state index in [1.807, 2.05) is 61.7 Å². The number of carbonyl (C=O) groups is 2. The predicted octanol–water partition coefficient (Wildman–Crippen LogP) is 2.34. The molecule has 2 N–H and O–H groups in total. The van der Waals surface area contributed by atoms with Crippen molar-refractivity contribution in [2.75, 3.05) is 6.61 Å². The summed E-state index contributed by atoms with van der Waals surface area (Å²) >= 11 is 0. The first-order chi connectivity index (χ1) is 13.6. The van der Waals surface area contributed by atoms with Gasteiger partial charge in [0.15, 0.2) is 6.61 Å². The lowest BCUT2D eigenvalue weighted by atomic mass is 10.2. The minimum Gasteiger partial charge on any atom is -0.484 e. The van der Waals surface area contributed by atoms with Crippen LogP contribution in [0.3, 0.4) is 0 Å². The lowest BCUT2D eigenvalue weighted by Gasteiger charge is -2.09. The Hall–Kier alpha value is -3.61. The minimum atomic E-state index is -0.424. The molecular formula is C21H22N4O3. The van der Waals surface area contributed by atoms with Gasteiger partial charge in [-0.15, -0.1) is 0 Å². The van der Waals surface area contributed by atoms with Crippen molar-refractivity contribution in [3.8, 4) is 11.4 Å². The Balaban J connectivity index is 1.37. The number of hydrazine groups is 1. The molecule has 0 atom stereocenters. The number of nitrogens with zero attached hydrogens (tertiary/aromatic N) is 2. The Kier molecular flexibility index (Phi) is 6.41. The molecule has 1 heterocycles. The number of para-hydroxylation sites is 1. The molecule has 1 aromatic heterocycles. The molecule has 0 radical (unpaired) electrons. The standard InChI is InChI=1S/C21H22N4O3/c1-16-6-5-9-19(12-16)28-15-21(27)24-23-20(26)11-10-17-13-22-25(14-17)18-7-3-2-4-8-18/h2-9,12-14H,10-11,15H2,1H3,(H,23,26)(H,24,27). The number of ether oxygens (including phenoxy) is 1. The van der Waals surface area contributed by atoms with E-state index in [2.05, 4.69) is 16.0 Å². The number of rotatable bonds is 7. The SMILES string of the molecule is Cc1cccc(OCC(=O)NNC(=O)CCc2cnn(-c3ccccc3)c2)c1. The number of benzene rings is 2. The van der Waals surface area contributed by atoms with Gasteiger partial charge in [-0.05, 0) is 48.7 Å². The number of hydrogen-bond acceptors (Lipinski definition) is 4. The van der Waals surface area contributed by atoms with Crippen LogP contribution in [0.5, 0.6) is 5.75 Å². The highest BCUT2D eigenvalue weighted by Crippen LogP contribution is 2.12. The molecule has 0 bridgehead atoms. The predicted molar refractivity (Wildman–Crippen MR) is 105 cm³/mol. The summed E-state index contributed by atoms with van der Waals surface area (Å²) in [6, 6.07) is 17.1. The van der Waals surface area contributed by atoms with Crippen LogP contribution in [0.2, 0.25) is 0 Å². The topological polar surface area (TPSA) is 85.2 Å². The van der Waals surface area contributed by atoms with Crippen molar-refractivity contribution in [3.63, 3.8) is 0 Å². The average Bonchev–Trinajstić information content (AvgIpc) is 3.19. The maximum atomic E-state index is 11.9. The normalized spacial score (nSPS) is 10.3. The van der Waals surface area contributed by atoms with E-state index >= 15 is 0 Å². The largest absolute Gasteiger partial charge is 0.484 e. The highest BCUT2D eigenvalue weighted by Gasteiger charge is 2.08. The van der Waals surface area contributed by atoms with Gasteiger partial charge >= 0.3 is 0 Å². The van der Waals surface area contributed by atoms with Gasteiger partial charge in [-0.1, -0.05) is 30.3 Å². The van der Waals surface area contributed by atoms with Crippen LogP contribution >= 0.6 is 0 Å². The fourth-order valence-corrected chi connectivity index (χ4v) is 2.56. The summed E-state index contributed by atoms with van der Waals surface area (Å²) in [4.78, 5) is 23.7. The van der Waals surface area contributed by atoms with E-state index in [0.29, 0.717) is 12.2 Å². The zero-order valence-electron chi connectivity index (χ0n) is 15.6. The highest BCUT2D eigenvalue weighted by atomic mass is 16.5. The number of hydrogen-bond donors (Lipinski definition) is 2. The second kappa shape index (κ2) is 9.36. The zero-order valence-corrected chi connectivity index (χ0v) is 15.6. The molecule has 0 aliphatic rings. The fourth-order valence-electron chi connectivity index (χ4n) is 2.56. The number of nitrogens with one attached hydrogen (secondary N) is 2. The van der Waals surface area contributed by atoms with Crippen LogP contribution in [-0.4, -0.2) is 28.2 Å². The van der Waals surface area contributed by atoms with E-state index in [9.17, 15) is 9.59 Å². The molecule has 0 unspecified atom stereocenters.